The average molecular weight is 511 g/mol. The van der Waals surface area contributed by atoms with E-state index in [0.29, 0.717) is 40.7 Å². The van der Waals surface area contributed by atoms with E-state index in [2.05, 4.69) is 0 Å². The second kappa shape index (κ2) is 13.2. The van der Waals surface area contributed by atoms with Gasteiger partial charge in [0.25, 0.3) is 0 Å². The number of hydrogen-bond donors (Lipinski definition) is 0. The number of methoxy groups -OCH3 is 5. The van der Waals surface area contributed by atoms with E-state index in [9.17, 15) is 8.42 Å². The maximum absolute atomic E-state index is 12.9. The van der Waals surface area contributed by atoms with Gasteiger partial charge in [0.15, 0.2) is 34.9 Å². The zero-order chi connectivity index (χ0) is 26.0. The minimum absolute atomic E-state index is 0.00699. The predicted molar refractivity (Wildman–Crippen MR) is 132 cm³/mol. The van der Waals surface area contributed by atoms with Crippen LogP contribution in [0.5, 0.6) is 28.7 Å². The summed E-state index contributed by atoms with van der Waals surface area (Å²) in [7, 11) is 4.04. The summed E-state index contributed by atoms with van der Waals surface area (Å²) < 4.78 is 63.8. The van der Waals surface area contributed by atoms with Crippen molar-refractivity contribution >= 4 is 9.84 Å². The van der Waals surface area contributed by atoms with E-state index in [1.165, 1.54) is 47.7 Å². The lowest BCUT2D eigenvalue weighted by atomic mass is 10.0. The molecular formula is C25H34O9S. The minimum atomic E-state index is -3.53. The van der Waals surface area contributed by atoms with E-state index in [1.807, 2.05) is 13.0 Å². The van der Waals surface area contributed by atoms with Crippen molar-refractivity contribution in [2.45, 2.75) is 25.2 Å². The quantitative estimate of drug-likeness (QED) is 0.276. The van der Waals surface area contributed by atoms with Gasteiger partial charge in [-0.05, 0) is 44.5 Å². The van der Waals surface area contributed by atoms with Crippen molar-refractivity contribution < 1.29 is 41.6 Å². The fraction of sp³-hybridized carbons (Fsp3) is 0.440. The van der Waals surface area contributed by atoms with Gasteiger partial charge in [0, 0.05) is 25.3 Å². The summed E-state index contributed by atoms with van der Waals surface area (Å²) >= 11 is 0. The van der Waals surface area contributed by atoms with Crippen LogP contribution in [0.3, 0.4) is 0 Å². The lowest BCUT2D eigenvalue weighted by Crippen LogP contribution is -2.10. The molecule has 0 aliphatic heterocycles. The number of benzene rings is 2. The molecule has 0 saturated heterocycles. The third-order valence-corrected chi connectivity index (χ3v) is 7.05. The highest BCUT2D eigenvalue weighted by Gasteiger charge is 2.26. The Kier molecular flexibility index (Phi) is 10.7. The average Bonchev–Trinajstić information content (AvgIpc) is 2.85. The van der Waals surface area contributed by atoms with Crippen molar-refractivity contribution in [1.82, 2.24) is 0 Å². The molecule has 2 rings (SSSR count). The highest BCUT2D eigenvalue weighted by molar-refractivity contribution is 7.91. The van der Waals surface area contributed by atoms with Crippen molar-refractivity contribution in [3.63, 3.8) is 0 Å². The number of rotatable bonds is 14. The van der Waals surface area contributed by atoms with Gasteiger partial charge in [-0.1, -0.05) is 11.6 Å². The van der Waals surface area contributed by atoms with E-state index < -0.39 is 9.84 Å². The molecule has 0 amide bonds. The van der Waals surface area contributed by atoms with E-state index in [0.717, 1.165) is 11.1 Å². The molecule has 0 atom stereocenters. The molecular weight excluding hydrogens is 476 g/mol. The van der Waals surface area contributed by atoms with Crippen LogP contribution in [0, 0.1) is 6.92 Å². The Morgan fingerprint density at radius 1 is 0.800 bits per heavy atom. The molecule has 0 spiro atoms. The van der Waals surface area contributed by atoms with Gasteiger partial charge in [-0.25, -0.2) is 8.42 Å². The fourth-order valence-corrected chi connectivity index (χ4v) is 4.94. The lowest BCUT2D eigenvalue weighted by molar-refractivity contribution is 0.0439. The number of sulfone groups is 1. The fourth-order valence-electron chi connectivity index (χ4n) is 3.50. The Labute approximate surface area is 207 Å². The van der Waals surface area contributed by atoms with E-state index in [4.69, 9.17) is 33.2 Å². The SMILES string of the molecule is COCOc1c(C)c(C/C=C(\C)CS(=O)(=O)c2ccc(OC)cc2)c(OCOC)c(OC)c1OC. The van der Waals surface area contributed by atoms with E-state index >= 15 is 0 Å². The molecule has 0 aromatic heterocycles. The lowest BCUT2D eigenvalue weighted by Gasteiger charge is -2.22. The van der Waals surface area contributed by atoms with Crippen LogP contribution in [-0.2, 0) is 25.7 Å². The molecule has 194 valence electrons. The molecule has 0 aliphatic carbocycles. The Morgan fingerprint density at radius 2 is 1.34 bits per heavy atom. The van der Waals surface area contributed by atoms with Crippen LogP contribution < -0.4 is 23.7 Å². The second-order valence-corrected chi connectivity index (χ2v) is 9.61. The summed E-state index contributed by atoms with van der Waals surface area (Å²) in [4.78, 5) is 0.229. The Hall–Kier alpha value is -2.95. The first kappa shape index (κ1) is 28.3. The molecule has 0 radical (unpaired) electrons. The maximum atomic E-state index is 12.9. The van der Waals surface area contributed by atoms with Gasteiger partial charge in [0.05, 0.1) is 32.0 Å². The smallest absolute Gasteiger partial charge is 0.207 e. The van der Waals surface area contributed by atoms with Crippen LogP contribution in [0.2, 0.25) is 0 Å². The van der Waals surface area contributed by atoms with Gasteiger partial charge >= 0.3 is 0 Å². The predicted octanol–water partition coefficient (Wildman–Crippen LogP) is 3.95. The molecule has 9 nitrogen and oxygen atoms in total. The summed E-state index contributed by atoms with van der Waals surface area (Å²) in [5, 5.41) is 0. The summed E-state index contributed by atoms with van der Waals surface area (Å²) in [6.07, 6.45) is 2.20. The van der Waals surface area contributed by atoms with Crippen molar-refractivity contribution in [2.24, 2.45) is 0 Å². The van der Waals surface area contributed by atoms with Gasteiger partial charge in [0.2, 0.25) is 11.5 Å². The molecule has 0 saturated carbocycles. The first-order valence-electron chi connectivity index (χ1n) is 10.8. The van der Waals surface area contributed by atoms with E-state index in [-0.39, 0.29) is 24.2 Å². The molecule has 2 aromatic carbocycles. The summed E-state index contributed by atoms with van der Waals surface area (Å²) in [5.74, 6) is 2.04. The zero-order valence-corrected chi connectivity index (χ0v) is 22.1. The van der Waals surface area contributed by atoms with Crippen molar-refractivity contribution in [3.8, 4) is 28.7 Å². The van der Waals surface area contributed by atoms with Crippen LogP contribution in [0.1, 0.15) is 18.1 Å². The van der Waals surface area contributed by atoms with Crippen LogP contribution in [0.15, 0.2) is 40.8 Å². The molecule has 0 aliphatic rings. The Morgan fingerprint density at radius 3 is 1.86 bits per heavy atom. The van der Waals surface area contributed by atoms with E-state index in [1.54, 1.807) is 19.1 Å². The Balaban J connectivity index is 2.45. The topological polar surface area (TPSA) is 98.8 Å². The van der Waals surface area contributed by atoms with Gasteiger partial charge < -0.3 is 33.2 Å². The molecule has 0 bridgehead atoms. The maximum Gasteiger partial charge on any atom is 0.207 e. The van der Waals surface area contributed by atoms with Crippen LogP contribution in [0.4, 0.5) is 0 Å². The first-order chi connectivity index (χ1) is 16.7. The molecule has 10 heteroatoms. The highest BCUT2D eigenvalue weighted by atomic mass is 32.2. The van der Waals surface area contributed by atoms with Crippen LogP contribution >= 0.6 is 0 Å². The highest BCUT2D eigenvalue weighted by Crippen LogP contribution is 2.49. The van der Waals surface area contributed by atoms with Gasteiger partial charge in [-0.3, -0.25) is 0 Å². The second-order valence-electron chi connectivity index (χ2n) is 7.62. The van der Waals surface area contributed by atoms with Crippen molar-refractivity contribution in [2.75, 3.05) is 54.9 Å². The van der Waals surface area contributed by atoms with Crippen LogP contribution in [-0.4, -0.2) is 63.3 Å². The van der Waals surface area contributed by atoms with Gasteiger partial charge in [-0.15, -0.1) is 0 Å². The van der Waals surface area contributed by atoms with Gasteiger partial charge in [-0.2, -0.15) is 0 Å². The Bertz CT molecular complexity index is 1110. The molecule has 2 aromatic rings. The summed E-state index contributed by atoms with van der Waals surface area (Å²) in [5.41, 5.74) is 2.16. The van der Waals surface area contributed by atoms with Crippen molar-refractivity contribution in [3.05, 3.63) is 47.0 Å². The largest absolute Gasteiger partial charge is 0.497 e. The minimum Gasteiger partial charge on any atom is -0.497 e. The molecule has 0 fully saturated rings. The molecule has 0 heterocycles. The number of allylic oxidation sites excluding steroid dienone is 1. The zero-order valence-electron chi connectivity index (χ0n) is 21.3. The third kappa shape index (κ3) is 7.03. The molecule has 0 N–H and O–H groups in total. The first-order valence-corrected chi connectivity index (χ1v) is 12.4. The summed E-state index contributed by atoms with van der Waals surface area (Å²) in [6, 6.07) is 6.33. The van der Waals surface area contributed by atoms with Crippen molar-refractivity contribution in [1.29, 1.82) is 0 Å². The monoisotopic (exact) mass is 510 g/mol. The summed E-state index contributed by atoms with van der Waals surface area (Å²) in [6.45, 7) is 3.63. The molecule has 35 heavy (non-hydrogen) atoms. The third-order valence-electron chi connectivity index (χ3n) is 5.23. The molecule has 0 unspecified atom stereocenters. The normalized spacial score (nSPS) is 11.8. The standard InChI is InChI=1S/C25H34O9S/c1-17(14-35(26,27)20-11-9-19(30-5)10-12-20)8-13-21-18(2)22(33-15-28-3)24(31-6)25(32-7)23(21)34-16-29-4/h8-12H,13-16H2,1-7H3/b17-8+. The van der Waals surface area contributed by atoms with Gasteiger partial charge in [0.1, 0.15) is 5.75 Å². The number of hydrogen-bond acceptors (Lipinski definition) is 9. The number of ether oxygens (including phenoxy) is 7. The van der Waals surface area contributed by atoms with Crippen LogP contribution in [0.25, 0.3) is 0 Å².